The fraction of sp³-hybridized carbons (Fsp3) is 0.684. The van der Waals surface area contributed by atoms with Crippen LogP contribution in [0.3, 0.4) is 0 Å². The summed E-state index contributed by atoms with van der Waals surface area (Å²) >= 11 is 0. The van der Waals surface area contributed by atoms with Crippen molar-refractivity contribution in [1.82, 2.24) is 4.90 Å². The van der Waals surface area contributed by atoms with Gasteiger partial charge >= 0.3 is 5.97 Å². The number of aryl methyl sites for hydroxylation is 1. The highest BCUT2D eigenvalue weighted by Gasteiger charge is 2.42. The first-order valence-electron chi connectivity index (χ1n) is 8.51. The molecular formula is C19H28N2O3. The van der Waals surface area contributed by atoms with E-state index in [1.54, 1.807) is 4.90 Å². The molecule has 0 aliphatic carbocycles. The van der Waals surface area contributed by atoms with E-state index in [1.165, 1.54) is 0 Å². The molecule has 0 bridgehead atoms. The summed E-state index contributed by atoms with van der Waals surface area (Å²) in [6.45, 7) is 11.7. The summed E-state index contributed by atoms with van der Waals surface area (Å²) < 4.78 is 11.2. The minimum absolute atomic E-state index is 0.0212. The predicted molar refractivity (Wildman–Crippen MR) is 91.2 cm³/mol. The fourth-order valence-corrected chi connectivity index (χ4v) is 3.32. The van der Waals surface area contributed by atoms with E-state index in [-0.39, 0.29) is 17.4 Å². The molecule has 2 unspecified atom stereocenters. The number of esters is 1. The summed E-state index contributed by atoms with van der Waals surface area (Å²) in [4.78, 5) is 14.0. The first kappa shape index (κ1) is 18.4. The van der Waals surface area contributed by atoms with Crippen molar-refractivity contribution < 1.29 is 13.9 Å². The average Bonchev–Trinajstić information content (AvgIpc) is 3.03. The molecule has 5 heteroatoms. The molecule has 1 aromatic rings. The average molecular weight is 332 g/mol. The molecule has 0 spiro atoms. The van der Waals surface area contributed by atoms with Crippen LogP contribution >= 0.6 is 0 Å². The van der Waals surface area contributed by atoms with Gasteiger partial charge in [0.2, 0.25) is 0 Å². The Hall–Kier alpha value is -1.96. The number of ether oxygens (including phenoxy) is 1. The molecule has 1 aliphatic heterocycles. The molecule has 0 radical (unpaired) electrons. The fourth-order valence-electron chi connectivity index (χ4n) is 3.32. The Kier molecular flexibility index (Phi) is 4.98. The quantitative estimate of drug-likeness (QED) is 0.618. The van der Waals surface area contributed by atoms with Crippen molar-refractivity contribution in [3.63, 3.8) is 0 Å². The predicted octanol–water partition coefficient (Wildman–Crippen LogP) is 3.91. The van der Waals surface area contributed by atoms with Crippen molar-refractivity contribution in [1.29, 1.82) is 5.26 Å². The lowest BCUT2D eigenvalue weighted by atomic mass is 9.82. The number of hydrogen-bond donors (Lipinski definition) is 0. The Morgan fingerprint density at radius 1 is 1.33 bits per heavy atom. The number of nitrogens with zero attached hydrogens (tertiary/aromatic N) is 2. The van der Waals surface area contributed by atoms with Gasteiger partial charge in [0.25, 0.3) is 0 Å². The van der Waals surface area contributed by atoms with Crippen molar-refractivity contribution in [3.05, 3.63) is 23.7 Å². The van der Waals surface area contributed by atoms with E-state index in [9.17, 15) is 10.1 Å². The second-order valence-electron chi connectivity index (χ2n) is 8.29. The largest absolute Gasteiger partial charge is 0.466 e. The molecule has 1 aromatic heterocycles. The Morgan fingerprint density at radius 2 is 2.00 bits per heavy atom. The monoisotopic (exact) mass is 332 g/mol. The lowest BCUT2D eigenvalue weighted by molar-refractivity contribution is -0.159. The number of carbonyl (C=O) groups excluding carboxylic acids is 1. The second-order valence-corrected chi connectivity index (χ2v) is 8.29. The van der Waals surface area contributed by atoms with Crippen molar-refractivity contribution >= 4 is 5.97 Å². The summed E-state index contributed by atoms with van der Waals surface area (Å²) in [7, 11) is 0. The molecule has 1 aliphatic rings. The summed E-state index contributed by atoms with van der Waals surface area (Å²) in [5, 5.41) is 9.57. The van der Waals surface area contributed by atoms with Gasteiger partial charge in [-0.15, -0.1) is 0 Å². The van der Waals surface area contributed by atoms with Crippen LogP contribution in [-0.4, -0.2) is 28.6 Å². The summed E-state index contributed by atoms with van der Waals surface area (Å²) in [6, 6.07) is 3.49. The van der Waals surface area contributed by atoms with Gasteiger partial charge in [-0.2, -0.15) is 5.26 Å². The maximum absolute atomic E-state index is 12.4. The van der Waals surface area contributed by atoms with Crippen LogP contribution in [0.1, 0.15) is 65.4 Å². The first-order chi connectivity index (χ1) is 11.0. The molecular weight excluding hydrogens is 304 g/mol. The van der Waals surface area contributed by atoms with Crippen LogP contribution in [0.2, 0.25) is 0 Å². The SMILES string of the molecule is Cc1ccc(C(C)(C)CC2CCC(C(=O)OC(C)(C)C)N2C#N)o1. The van der Waals surface area contributed by atoms with Gasteiger partial charge in [-0.05, 0) is 59.1 Å². The standard InChI is InChI=1S/C19H28N2O3/c1-13-7-10-16(23-13)19(5,6)11-14-8-9-15(21(14)12-20)17(22)24-18(2,3)4/h7,10,14-15H,8-9,11H2,1-6H3. The van der Waals surface area contributed by atoms with Crippen molar-refractivity contribution in [2.24, 2.45) is 0 Å². The van der Waals surface area contributed by atoms with Crippen molar-refractivity contribution in [2.75, 3.05) is 0 Å². The van der Waals surface area contributed by atoms with Gasteiger partial charge in [0.15, 0.2) is 6.19 Å². The van der Waals surface area contributed by atoms with Crippen LogP contribution in [0.4, 0.5) is 0 Å². The van der Waals surface area contributed by atoms with Crippen LogP contribution in [0, 0.1) is 18.4 Å². The maximum atomic E-state index is 12.4. The Balaban J connectivity index is 2.10. The zero-order valence-corrected chi connectivity index (χ0v) is 15.5. The van der Waals surface area contributed by atoms with Gasteiger partial charge in [0.05, 0.1) is 0 Å². The zero-order chi connectivity index (χ0) is 18.1. The van der Waals surface area contributed by atoms with Crippen LogP contribution in [-0.2, 0) is 14.9 Å². The molecule has 0 aromatic carbocycles. The molecule has 24 heavy (non-hydrogen) atoms. The molecule has 0 amide bonds. The van der Waals surface area contributed by atoms with E-state index in [0.29, 0.717) is 6.42 Å². The third kappa shape index (κ3) is 4.11. The lowest BCUT2D eigenvalue weighted by Gasteiger charge is -2.31. The molecule has 1 fully saturated rings. The van der Waals surface area contributed by atoms with Crippen LogP contribution in [0.25, 0.3) is 0 Å². The Labute approximate surface area is 144 Å². The van der Waals surface area contributed by atoms with Gasteiger partial charge in [0, 0.05) is 11.5 Å². The van der Waals surface area contributed by atoms with Gasteiger partial charge in [0.1, 0.15) is 23.2 Å². The minimum Gasteiger partial charge on any atom is -0.466 e. The van der Waals surface area contributed by atoms with Crippen LogP contribution < -0.4 is 0 Å². The molecule has 1 saturated heterocycles. The van der Waals surface area contributed by atoms with Crippen LogP contribution in [0.15, 0.2) is 16.5 Å². The number of hydrogen-bond acceptors (Lipinski definition) is 5. The maximum Gasteiger partial charge on any atom is 0.330 e. The Morgan fingerprint density at radius 3 is 2.50 bits per heavy atom. The third-order valence-corrected chi connectivity index (χ3v) is 4.45. The summed E-state index contributed by atoms with van der Waals surface area (Å²) in [5.74, 6) is 1.49. The van der Waals surface area contributed by atoms with Gasteiger partial charge in [-0.25, -0.2) is 4.79 Å². The van der Waals surface area contributed by atoms with Crippen molar-refractivity contribution in [2.45, 2.75) is 83.9 Å². The number of nitriles is 1. The van der Waals surface area contributed by atoms with Crippen LogP contribution in [0.5, 0.6) is 0 Å². The van der Waals surface area contributed by atoms with Gasteiger partial charge in [-0.1, -0.05) is 13.8 Å². The highest BCUT2D eigenvalue weighted by Crippen LogP contribution is 2.36. The Bertz CT molecular complexity index is 634. The number of rotatable bonds is 4. The zero-order valence-electron chi connectivity index (χ0n) is 15.5. The van der Waals surface area contributed by atoms with E-state index in [4.69, 9.17) is 9.15 Å². The second kappa shape index (κ2) is 6.51. The van der Waals surface area contributed by atoms with E-state index in [1.807, 2.05) is 39.8 Å². The summed E-state index contributed by atoms with van der Waals surface area (Å²) in [5.41, 5.74) is -0.738. The normalized spacial score (nSPS) is 21.6. The molecule has 2 heterocycles. The molecule has 5 nitrogen and oxygen atoms in total. The highest BCUT2D eigenvalue weighted by molar-refractivity contribution is 5.77. The minimum atomic E-state index is -0.540. The van der Waals surface area contributed by atoms with E-state index >= 15 is 0 Å². The number of carbonyl (C=O) groups is 1. The first-order valence-corrected chi connectivity index (χ1v) is 8.51. The van der Waals surface area contributed by atoms with E-state index in [2.05, 4.69) is 20.0 Å². The van der Waals surface area contributed by atoms with Gasteiger partial charge < -0.3 is 9.15 Å². The smallest absolute Gasteiger partial charge is 0.330 e. The summed E-state index contributed by atoms with van der Waals surface area (Å²) in [6.07, 6.45) is 4.43. The van der Waals surface area contributed by atoms with E-state index < -0.39 is 11.6 Å². The topological polar surface area (TPSA) is 66.5 Å². The number of furan rings is 1. The highest BCUT2D eigenvalue weighted by atomic mass is 16.6. The molecule has 2 rings (SSSR count). The molecule has 132 valence electrons. The third-order valence-electron chi connectivity index (χ3n) is 4.45. The van der Waals surface area contributed by atoms with E-state index in [0.717, 1.165) is 24.4 Å². The number of likely N-dealkylation sites (tertiary alicyclic amines) is 1. The lowest BCUT2D eigenvalue weighted by Crippen LogP contribution is -2.42. The molecule has 2 atom stereocenters. The van der Waals surface area contributed by atoms with Crippen molar-refractivity contribution in [3.8, 4) is 6.19 Å². The molecule has 0 N–H and O–H groups in total. The molecule has 0 saturated carbocycles. The van der Waals surface area contributed by atoms with Gasteiger partial charge in [-0.3, -0.25) is 4.90 Å².